The van der Waals surface area contributed by atoms with Crippen LogP contribution in [0.4, 0.5) is 13.2 Å². The highest BCUT2D eigenvalue weighted by Crippen LogP contribution is 2.39. The zero-order valence-corrected chi connectivity index (χ0v) is 12.5. The molecular weight excluding hydrogens is 337 g/mol. The Balaban J connectivity index is 1.73. The topological polar surface area (TPSA) is 85.4 Å². The van der Waals surface area contributed by atoms with Gasteiger partial charge >= 0.3 is 6.18 Å². The van der Waals surface area contributed by atoms with Crippen molar-refractivity contribution in [1.82, 2.24) is 9.71 Å². The molecule has 6 nitrogen and oxygen atoms in total. The van der Waals surface area contributed by atoms with Crippen LogP contribution in [-0.2, 0) is 25.7 Å². The van der Waals surface area contributed by atoms with Gasteiger partial charge in [-0.15, -0.1) is 0 Å². The van der Waals surface area contributed by atoms with Crippen molar-refractivity contribution in [3.63, 3.8) is 0 Å². The van der Waals surface area contributed by atoms with E-state index in [0.717, 1.165) is 12.5 Å². The van der Waals surface area contributed by atoms with Crippen LogP contribution in [0.5, 0.6) is 0 Å². The van der Waals surface area contributed by atoms with Gasteiger partial charge in [-0.3, -0.25) is 4.79 Å². The number of hydrogen-bond acceptors (Lipinski definition) is 5. The monoisotopic (exact) mass is 350 g/mol. The Morgan fingerprint density at radius 3 is 2.52 bits per heavy atom. The molecule has 2 aliphatic heterocycles. The van der Waals surface area contributed by atoms with Gasteiger partial charge in [0.2, 0.25) is 5.91 Å². The summed E-state index contributed by atoms with van der Waals surface area (Å²) >= 11 is 0. The van der Waals surface area contributed by atoms with Gasteiger partial charge in [0.15, 0.2) is 5.03 Å². The van der Waals surface area contributed by atoms with Gasteiger partial charge in [0.1, 0.15) is 0 Å². The van der Waals surface area contributed by atoms with Crippen LogP contribution < -0.4 is 4.72 Å². The SMILES string of the molecule is O=C(NS(=O)(=O)c1ccc(C(F)(F)F)cn1)C1CC2CCC1O2. The third kappa shape index (κ3) is 3.18. The second-order valence-electron chi connectivity index (χ2n) is 5.57. The maximum atomic E-state index is 12.4. The lowest BCUT2D eigenvalue weighted by Crippen LogP contribution is -2.39. The number of halogens is 3. The first-order valence-corrected chi connectivity index (χ1v) is 8.40. The number of alkyl halides is 3. The molecule has 1 N–H and O–H groups in total. The lowest BCUT2D eigenvalue weighted by atomic mass is 9.89. The van der Waals surface area contributed by atoms with E-state index < -0.39 is 38.6 Å². The highest BCUT2D eigenvalue weighted by Gasteiger charge is 2.45. The molecule has 2 aliphatic rings. The van der Waals surface area contributed by atoms with E-state index in [-0.39, 0.29) is 12.2 Å². The summed E-state index contributed by atoms with van der Waals surface area (Å²) in [7, 11) is -4.31. The second-order valence-corrected chi connectivity index (χ2v) is 7.20. The maximum absolute atomic E-state index is 12.4. The molecule has 1 aromatic rings. The van der Waals surface area contributed by atoms with Gasteiger partial charge in [-0.05, 0) is 31.4 Å². The molecule has 0 aromatic carbocycles. The lowest BCUT2D eigenvalue weighted by molar-refractivity contribution is -0.138. The molecule has 1 aromatic heterocycles. The number of pyridine rings is 1. The van der Waals surface area contributed by atoms with E-state index in [1.54, 1.807) is 0 Å². The fourth-order valence-corrected chi connectivity index (χ4v) is 3.84. The van der Waals surface area contributed by atoms with Crippen molar-refractivity contribution in [3.8, 4) is 0 Å². The summed E-state index contributed by atoms with van der Waals surface area (Å²) in [5.41, 5.74) is -1.07. The number of ether oxygens (including phenoxy) is 1. The van der Waals surface area contributed by atoms with E-state index in [4.69, 9.17) is 4.74 Å². The van der Waals surface area contributed by atoms with Crippen molar-refractivity contribution in [2.75, 3.05) is 0 Å². The van der Waals surface area contributed by atoms with Gasteiger partial charge in [0.25, 0.3) is 10.0 Å². The van der Waals surface area contributed by atoms with Gasteiger partial charge < -0.3 is 4.74 Å². The number of nitrogens with zero attached hydrogens (tertiary/aromatic N) is 1. The Labute approximate surface area is 130 Å². The van der Waals surface area contributed by atoms with Crippen molar-refractivity contribution in [2.45, 2.75) is 42.7 Å². The van der Waals surface area contributed by atoms with Crippen LogP contribution >= 0.6 is 0 Å². The van der Waals surface area contributed by atoms with Gasteiger partial charge in [-0.25, -0.2) is 9.71 Å². The predicted octanol–water partition coefficient (Wildman–Crippen LogP) is 1.47. The maximum Gasteiger partial charge on any atom is 0.417 e. The number of carbonyl (C=O) groups excluding carboxylic acids is 1. The van der Waals surface area contributed by atoms with Crippen LogP contribution in [0.25, 0.3) is 0 Å². The number of rotatable bonds is 3. The molecule has 2 fully saturated rings. The number of aromatic nitrogens is 1. The normalized spacial score (nSPS) is 27.2. The standard InChI is InChI=1S/C13H13F3N2O4S/c14-13(15,16)7-1-4-11(17-6-7)23(20,21)18-12(19)9-5-8-2-3-10(9)22-8/h1,4,6,8-10H,2-3,5H2,(H,18,19). The highest BCUT2D eigenvalue weighted by atomic mass is 32.2. The predicted molar refractivity (Wildman–Crippen MR) is 70.6 cm³/mol. The third-order valence-electron chi connectivity index (χ3n) is 4.02. The molecule has 23 heavy (non-hydrogen) atoms. The summed E-state index contributed by atoms with van der Waals surface area (Å²) in [6, 6.07) is 1.32. The number of carbonyl (C=O) groups is 1. The summed E-state index contributed by atoms with van der Waals surface area (Å²) in [6.07, 6.45) is -2.52. The molecule has 126 valence electrons. The highest BCUT2D eigenvalue weighted by molar-refractivity contribution is 7.90. The van der Waals surface area contributed by atoms with E-state index in [9.17, 15) is 26.4 Å². The molecule has 3 rings (SSSR count). The summed E-state index contributed by atoms with van der Waals surface area (Å²) in [4.78, 5) is 15.4. The minimum Gasteiger partial charge on any atom is -0.374 e. The molecule has 0 saturated carbocycles. The van der Waals surface area contributed by atoms with Gasteiger partial charge in [-0.2, -0.15) is 21.6 Å². The summed E-state index contributed by atoms with van der Waals surface area (Å²) in [5.74, 6) is -1.27. The minimum atomic E-state index is -4.61. The Morgan fingerprint density at radius 1 is 1.30 bits per heavy atom. The minimum absolute atomic E-state index is 0.0253. The van der Waals surface area contributed by atoms with Crippen LogP contribution in [-0.4, -0.2) is 31.5 Å². The van der Waals surface area contributed by atoms with Crippen molar-refractivity contribution in [1.29, 1.82) is 0 Å². The first kappa shape index (κ1) is 16.2. The molecule has 3 heterocycles. The smallest absolute Gasteiger partial charge is 0.374 e. The van der Waals surface area contributed by atoms with Crippen LogP contribution in [0.1, 0.15) is 24.8 Å². The summed E-state index contributed by atoms with van der Waals surface area (Å²) < 4.78 is 68.8. The third-order valence-corrected chi connectivity index (χ3v) is 5.28. The van der Waals surface area contributed by atoms with E-state index >= 15 is 0 Å². The van der Waals surface area contributed by atoms with Crippen LogP contribution in [0.15, 0.2) is 23.4 Å². The molecule has 0 spiro atoms. The first-order valence-electron chi connectivity index (χ1n) is 6.92. The quantitative estimate of drug-likeness (QED) is 0.892. The lowest BCUT2D eigenvalue weighted by Gasteiger charge is -2.17. The Bertz CT molecular complexity index is 718. The number of nitrogens with one attached hydrogen (secondary N) is 1. The van der Waals surface area contributed by atoms with E-state index in [1.165, 1.54) is 0 Å². The fraction of sp³-hybridized carbons (Fsp3) is 0.538. The van der Waals surface area contributed by atoms with Gasteiger partial charge in [-0.1, -0.05) is 0 Å². The fourth-order valence-electron chi connectivity index (χ4n) is 2.88. The molecule has 1 amide bonds. The van der Waals surface area contributed by atoms with E-state index in [0.29, 0.717) is 25.1 Å². The van der Waals surface area contributed by atoms with Crippen molar-refractivity contribution in [3.05, 3.63) is 23.9 Å². The molecular formula is C13H13F3N2O4S. The van der Waals surface area contributed by atoms with Crippen LogP contribution in [0.2, 0.25) is 0 Å². The van der Waals surface area contributed by atoms with E-state index in [1.807, 2.05) is 4.72 Å². The largest absolute Gasteiger partial charge is 0.417 e. The first-order chi connectivity index (χ1) is 10.7. The van der Waals surface area contributed by atoms with E-state index in [2.05, 4.69) is 4.98 Å². The second kappa shape index (κ2) is 5.45. The average Bonchev–Trinajstić information content (AvgIpc) is 3.08. The molecule has 0 aliphatic carbocycles. The molecule has 3 unspecified atom stereocenters. The number of amides is 1. The number of fused-ring (bicyclic) bond motifs is 2. The van der Waals surface area contributed by atoms with Crippen LogP contribution in [0, 0.1) is 5.92 Å². The molecule has 2 saturated heterocycles. The molecule has 10 heteroatoms. The molecule has 3 atom stereocenters. The van der Waals surface area contributed by atoms with Crippen molar-refractivity contribution >= 4 is 15.9 Å². The molecule has 0 radical (unpaired) electrons. The average molecular weight is 350 g/mol. The zero-order valence-electron chi connectivity index (χ0n) is 11.7. The van der Waals surface area contributed by atoms with Crippen molar-refractivity contribution < 1.29 is 31.1 Å². The Kier molecular flexibility index (Phi) is 3.83. The van der Waals surface area contributed by atoms with Crippen LogP contribution in [0.3, 0.4) is 0 Å². The Morgan fingerprint density at radius 2 is 2.04 bits per heavy atom. The van der Waals surface area contributed by atoms with Gasteiger partial charge in [0, 0.05) is 6.20 Å². The number of hydrogen-bond donors (Lipinski definition) is 1. The summed E-state index contributed by atoms with van der Waals surface area (Å²) in [5, 5.41) is -0.636. The Hall–Kier alpha value is -1.68. The molecule has 2 bridgehead atoms. The van der Waals surface area contributed by atoms with Crippen molar-refractivity contribution in [2.24, 2.45) is 5.92 Å². The van der Waals surface area contributed by atoms with Gasteiger partial charge in [0.05, 0.1) is 23.7 Å². The summed E-state index contributed by atoms with van der Waals surface area (Å²) in [6.45, 7) is 0. The number of sulfonamides is 1. The zero-order chi connectivity index (χ0) is 16.8.